The average Bonchev–Trinajstić information content (AvgIpc) is 2.15. The number of aryl methyl sites for hydroxylation is 1. The van der Waals surface area contributed by atoms with Crippen molar-refractivity contribution in [3.05, 3.63) is 47.5 Å². The second kappa shape index (κ2) is 4.33. The molecule has 0 saturated carbocycles. The monoisotopic (exact) mass is 197 g/mol. The summed E-state index contributed by atoms with van der Waals surface area (Å²) >= 11 is 0. The van der Waals surface area contributed by atoms with E-state index in [2.05, 4.69) is 6.58 Å². The van der Waals surface area contributed by atoms with Gasteiger partial charge < -0.3 is 5.73 Å². The first-order chi connectivity index (χ1) is 6.60. The van der Waals surface area contributed by atoms with Crippen LogP contribution in [-0.2, 0) is 6.42 Å². The Bertz CT molecular complexity index is 347. The van der Waals surface area contributed by atoms with Crippen molar-refractivity contribution in [1.29, 1.82) is 0 Å². The van der Waals surface area contributed by atoms with Crippen molar-refractivity contribution < 1.29 is 8.78 Å². The third-order valence-electron chi connectivity index (χ3n) is 2.15. The SMILES string of the molecule is C=C[C@H](N)c1c(F)cc(F)cc1CC. The molecule has 1 nitrogen and oxygen atoms in total. The maximum atomic E-state index is 13.4. The summed E-state index contributed by atoms with van der Waals surface area (Å²) in [5, 5.41) is 0. The second-order valence-corrected chi connectivity index (χ2v) is 3.08. The predicted octanol–water partition coefficient (Wildman–Crippen LogP) is 2.71. The molecule has 0 aliphatic carbocycles. The summed E-state index contributed by atoms with van der Waals surface area (Å²) in [6.07, 6.45) is 1.99. The van der Waals surface area contributed by atoms with Gasteiger partial charge in [-0.15, -0.1) is 6.58 Å². The van der Waals surface area contributed by atoms with Crippen molar-refractivity contribution in [2.75, 3.05) is 0 Å². The molecular weight excluding hydrogens is 184 g/mol. The van der Waals surface area contributed by atoms with Crippen LogP contribution in [0.5, 0.6) is 0 Å². The molecule has 0 radical (unpaired) electrons. The summed E-state index contributed by atoms with van der Waals surface area (Å²) in [6, 6.07) is 1.57. The highest BCUT2D eigenvalue weighted by atomic mass is 19.1. The fraction of sp³-hybridized carbons (Fsp3) is 0.273. The molecule has 1 rings (SSSR count). The minimum atomic E-state index is -0.603. The van der Waals surface area contributed by atoms with Crippen molar-refractivity contribution >= 4 is 0 Å². The molecule has 2 N–H and O–H groups in total. The third-order valence-corrected chi connectivity index (χ3v) is 2.15. The molecule has 0 bridgehead atoms. The number of nitrogens with two attached hydrogens (primary N) is 1. The van der Waals surface area contributed by atoms with Gasteiger partial charge in [-0.1, -0.05) is 13.0 Å². The molecule has 0 aliphatic heterocycles. The number of halogens is 2. The van der Waals surface area contributed by atoms with E-state index in [9.17, 15) is 8.78 Å². The molecule has 0 fully saturated rings. The molecular formula is C11H13F2N. The van der Waals surface area contributed by atoms with E-state index in [-0.39, 0.29) is 0 Å². The van der Waals surface area contributed by atoms with Gasteiger partial charge in [0, 0.05) is 11.6 Å². The van der Waals surface area contributed by atoms with E-state index in [1.807, 2.05) is 6.92 Å². The maximum absolute atomic E-state index is 13.4. The number of hydrogen-bond donors (Lipinski definition) is 1. The lowest BCUT2D eigenvalue weighted by Gasteiger charge is -2.13. The van der Waals surface area contributed by atoms with Gasteiger partial charge >= 0.3 is 0 Å². The second-order valence-electron chi connectivity index (χ2n) is 3.08. The lowest BCUT2D eigenvalue weighted by Crippen LogP contribution is -2.12. The van der Waals surface area contributed by atoms with Gasteiger partial charge in [0.2, 0.25) is 0 Å². The summed E-state index contributed by atoms with van der Waals surface area (Å²) < 4.78 is 26.2. The summed E-state index contributed by atoms with van der Waals surface area (Å²) in [4.78, 5) is 0. The molecule has 0 saturated heterocycles. The number of hydrogen-bond acceptors (Lipinski definition) is 1. The molecule has 0 heterocycles. The first-order valence-corrected chi connectivity index (χ1v) is 4.46. The van der Waals surface area contributed by atoms with E-state index in [4.69, 9.17) is 5.73 Å². The van der Waals surface area contributed by atoms with Crippen molar-refractivity contribution in [1.82, 2.24) is 0 Å². The summed E-state index contributed by atoms with van der Waals surface area (Å²) in [6.45, 7) is 5.32. The Labute approximate surface area is 82.2 Å². The molecule has 14 heavy (non-hydrogen) atoms. The van der Waals surface area contributed by atoms with E-state index in [1.165, 1.54) is 12.1 Å². The smallest absolute Gasteiger partial charge is 0.131 e. The van der Waals surface area contributed by atoms with Crippen molar-refractivity contribution in [2.45, 2.75) is 19.4 Å². The minimum Gasteiger partial charge on any atom is -0.321 e. The Morgan fingerprint density at radius 1 is 1.50 bits per heavy atom. The minimum absolute atomic E-state index is 0.337. The molecule has 3 heteroatoms. The molecule has 0 amide bonds. The quantitative estimate of drug-likeness (QED) is 0.741. The first-order valence-electron chi connectivity index (χ1n) is 4.46. The van der Waals surface area contributed by atoms with Crippen LogP contribution in [-0.4, -0.2) is 0 Å². The Balaban J connectivity index is 3.31. The largest absolute Gasteiger partial charge is 0.321 e. The topological polar surface area (TPSA) is 26.0 Å². The zero-order chi connectivity index (χ0) is 10.7. The summed E-state index contributed by atoms with van der Waals surface area (Å²) in [5.74, 6) is -1.17. The normalized spacial score (nSPS) is 12.6. The van der Waals surface area contributed by atoms with Crippen LogP contribution in [0.3, 0.4) is 0 Å². The van der Waals surface area contributed by atoms with E-state index in [0.29, 0.717) is 17.5 Å². The molecule has 76 valence electrons. The van der Waals surface area contributed by atoms with Gasteiger partial charge in [0.05, 0.1) is 6.04 Å². The molecule has 0 aliphatic rings. The highest BCUT2D eigenvalue weighted by Crippen LogP contribution is 2.22. The predicted molar refractivity (Wildman–Crippen MR) is 52.9 cm³/mol. The molecule has 0 aromatic heterocycles. The van der Waals surface area contributed by atoms with E-state index in [0.717, 1.165) is 6.07 Å². The molecule has 1 atom stereocenters. The Morgan fingerprint density at radius 3 is 2.64 bits per heavy atom. The molecule has 1 aromatic carbocycles. The van der Waals surface area contributed by atoms with Gasteiger partial charge in [-0.05, 0) is 18.1 Å². The van der Waals surface area contributed by atoms with Crippen LogP contribution in [0.2, 0.25) is 0 Å². The van der Waals surface area contributed by atoms with Gasteiger partial charge in [-0.2, -0.15) is 0 Å². The summed E-state index contributed by atoms with van der Waals surface area (Å²) in [5.41, 5.74) is 6.57. The van der Waals surface area contributed by atoms with E-state index >= 15 is 0 Å². The van der Waals surface area contributed by atoms with Crippen LogP contribution in [0.4, 0.5) is 8.78 Å². The fourth-order valence-corrected chi connectivity index (χ4v) is 1.42. The molecule has 0 spiro atoms. The van der Waals surface area contributed by atoms with Crippen LogP contribution >= 0.6 is 0 Å². The molecule has 0 unspecified atom stereocenters. The van der Waals surface area contributed by atoms with Crippen LogP contribution in [0.15, 0.2) is 24.8 Å². The van der Waals surface area contributed by atoms with Gasteiger partial charge in [-0.25, -0.2) is 8.78 Å². The van der Waals surface area contributed by atoms with Crippen molar-refractivity contribution in [3.63, 3.8) is 0 Å². The van der Waals surface area contributed by atoms with Crippen molar-refractivity contribution in [3.8, 4) is 0 Å². The van der Waals surface area contributed by atoms with Gasteiger partial charge in [0.25, 0.3) is 0 Å². The Morgan fingerprint density at radius 2 is 2.14 bits per heavy atom. The number of benzene rings is 1. The van der Waals surface area contributed by atoms with Crippen LogP contribution in [0.1, 0.15) is 24.1 Å². The van der Waals surface area contributed by atoms with E-state index < -0.39 is 17.7 Å². The van der Waals surface area contributed by atoms with Crippen LogP contribution in [0, 0.1) is 11.6 Å². The Hall–Kier alpha value is -1.22. The maximum Gasteiger partial charge on any atom is 0.131 e. The van der Waals surface area contributed by atoms with Gasteiger partial charge in [0.15, 0.2) is 0 Å². The van der Waals surface area contributed by atoms with Crippen LogP contribution < -0.4 is 5.73 Å². The first kappa shape index (κ1) is 10.9. The fourth-order valence-electron chi connectivity index (χ4n) is 1.42. The third kappa shape index (κ3) is 1.99. The number of rotatable bonds is 3. The highest BCUT2D eigenvalue weighted by molar-refractivity contribution is 5.34. The molecule has 1 aromatic rings. The van der Waals surface area contributed by atoms with Crippen molar-refractivity contribution in [2.24, 2.45) is 5.73 Å². The highest BCUT2D eigenvalue weighted by Gasteiger charge is 2.14. The average molecular weight is 197 g/mol. The zero-order valence-electron chi connectivity index (χ0n) is 8.06. The van der Waals surface area contributed by atoms with Gasteiger partial charge in [0.1, 0.15) is 11.6 Å². The lowest BCUT2D eigenvalue weighted by molar-refractivity contribution is 0.562. The summed E-state index contributed by atoms with van der Waals surface area (Å²) in [7, 11) is 0. The standard InChI is InChI=1S/C11H13F2N/c1-3-7-5-8(12)6-9(13)11(7)10(14)4-2/h4-6,10H,2-3,14H2,1H3/t10-/m0/s1. The zero-order valence-corrected chi connectivity index (χ0v) is 8.06. The lowest BCUT2D eigenvalue weighted by atomic mass is 9.98. The Kier molecular flexibility index (Phi) is 3.36. The van der Waals surface area contributed by atoms with E-state index in [1.54, 1.807) is 0 Å². The van der Waals surface area contributed by atoms with Gasteiger partial charge in [-0.3, -0.25) is 0 Å². The van der Waals surface area contributed by atoms with Crippen LogP contribution in [0.25, 0.3) is 0 Å².